The number of nitrogens with zero attached hydrogens (tertiary/aromatic N) is 2. The van der Waals surface area contributed by atoms with Gasteiger partial charge in [-0.2, -0.15) is 9.78 Å². The molecule has 3 rings (SSSR count). The van der Waals surface area contributed by atoms with Crippen LogP contribution in [0.15, 0.2) is 34.4 Å². The molecule has 0 aliphatic heterocycles. The Morgan fingerprint density at radius 2 is 2.07 bits per heavy atom. The molecule has 9 heteroatoms. The lowest BCUT2D eigenvalue weighted by atomic mass is 10.2. The molecule has 7 nitrogen and oxygen atoms in total. The Labute approximate surface area is 158 Å². The Hall–Kier alpha value is -2.94. The average Bonchev–Trinajstić information content (AvgIpc) is 3.02. The second-order valence-corrected chi connectivity index (χ2v) is 7.02. The first-order valence-electron chi connectivity index (χ1n) is 8.32. The summed E-state index contributed by atoms with van der Waals surface area (Å²) in [5.74, 6) is 0.0859. The quantitative estimate of drug-likeness (QED) is 0.675. The molecule has 27 heavy (non-hydrogen) atoms. The van der Waals surface area contributed by atoms with Crippen molar-refractivity contribution in [2.24, 2.45) is 0 Å². The predicted octanol–water partition coefficient (Wildman–Crippen LogP) is 2.52. The summed E-state index contributed by atoms with van der Waals surface area (Å²) in [7, 11) is 0. The molecule has 142 valence electrons. The standard InChI is InChI=1S/C18H19FN4O3S/c1-10(2)21-17(24)15-13-9-27-16(20)14(13)18(25)23(22-15)11-3-5-12(6-4-11)26-8-7-19/h3-6,9-10H,7-8,20H2,1-2H3,(H,21,24)/i19-1. The Kier molecular flexibility index (Phi) is 5.41. The van der Waals surface area contributed by atoms with Crippen LogP contribution in [0, 0.1) is 0 Å². The Bertz CT molecular complexity index is 1030. The van der Waals surface area contributed by atoms with Gasteiger partial charge in [-0.05, 0) is 38.1 Å². The smallest absolute Gasteiger partial charge is 0.282 e. The van der Waals surface area contributed by atoms with Crippen molar-refractivity contribution in [1.82, 2.24) is 15.1 Å². The Morgan fingerprint density at radius 1 is 1.37 bits per heavy atom. The van der Waals surface area contributed by atoms with E-state index >= 15 is 0 Å². The van der Waals surface area contributed by atoms with Gasteiger partial charge in [0.2, 0.25) is 0 Å². The minimum absolute atomic E-state index is 0.0472. The molecule has 0 spiro atoms. The lowest BCUT2D eigenvalue weighted by Crippen LogP contribution is -2.33. The minimum Gasteiger partial charge on any atom is -0.491 e. The summed E-state index contributed by atoms with van der Waals surface area (Å²) in [4.78, 5) is 25.4. The van der Waals surface area contributed by atoms with Crippen molar-refractivity contribution < 1.29 is 13.9 Å². The molecule has 3 N–H and O–H groups in total. The van der Waals surface area contributed by atoms with Gasteiger partial charge < -0.3 is 15.8 Å². The van der Waals surface area contributed by atoms with Crippen LogP contribution < -0.4 is 21.3 Å². The van der Waals surface area contributed by atoms with E-state index in [2.05, 4.69) is 10.4 Å². The van der Waals surface area contributed by atoms with Crippen molar-refractivity contribution in [2.75, 3.05) is 19.0 Å². The van der Waals surface area contributed by atoms with Crippen LogP contribution in [0.5, 0.6) is 5.75 Å². The number of thiophene rings is 1. The largest absolute Gasteiger partial charge is 0.491 e. The lowest BCUT2D eigenvalue weighted by Gasteiger charge is -2.12. The lowest BCUT2D eigenvalue weighted by molar-refractivity contribution is 0.0938. The summed E-state index contributed by atoms with van der Waals surface area (Å²) in [6.07, 6.45) is 0. The van der Waals surface area contributed by atoms with E-state index in [9.17, 15) is 14.0 Å². The number of nitrogen functional groups attached to an aromatic ring is 1. The Balaban J connectivity index is 2.12. The fourth-order valence-electron chi connectivity index (χ4n) is 2.59. The number of anilines is 1. The molecule has 0 bridgehead atoms. The average molecular weight is 389 g/mol. The highest BCUT2D eigenvalue weighted by atomic mass is 32.1. The number of ether oxygens (including phenoxy) is 1. The number of nitrogens with two attached hydrogens (primary N) is 1. The first-order valence-corrected chi connectivity index (χ1v) is 9.20. The maximum absolute atomic E-state index is 12.9. The number of rotatable bonds is 6. The molecular formula is C18H19FN4O3S. The second kappa shape index (κ2) is 7.75. The van der Waals surface area contributed by atoms with Crippen LogP contribution in [0.4, 0.5) is 9.39 Å². The van der Waals surface area contributed by atoms with Crippen LogP contribution in [0.25, 0.3) is 16.5 Å². The van der Waals surface area contributed by atoms with Crippen LogP contribution in [0.3, 0.4) is 0 Å². The molecule has 0 saturated heterocycles. The van der Waals surface area contributed by atoms with Gasteiger partial charge in [0.1, 0.15) is 19.0 Å². The molecule has 2 aromatic heterocycles. The van der Waals surface area contributed by atoms with E-state index in [0.29, 0.717) is 21.8 Å². The molecule has 0 atom stereocenters. The van der Waals surface area contributed by atoms with Crippen molar-refractivity contribution in [3.63, 3.8) is 0 Å². The van der Waals surface area contributed by atoms with E-state index in [4.69, 9.17) is 10.5 Å². The van der Waals surface area contributed by atoms with Crippen molar-refractivity contribution in [2.45, 2.75) is 19.9 Å². The normalized spacial score (nSPS) is 11.1. The number of hydrogen-bond donors (Lipinski definition) is 2. The van der Waals surface area contributed by atoms with Gasteiger partial charge in [-0.3, -0.25) is 9.59 Å². The third-order valence-corrected chi connectivity index (χ3v) is 4.55. The molecule has 0 fully saturated rings. The zero-order valence-electron chi connectivity index (χ0n) is 14.9. The summed E-state index contributed by atoms with van der Waals surface area (Å²) in [5.41, 5.74) is 6.12. The first-order chi connectivity index (χ1) is 12.9. The number of hydrogen-bond acceptors (Lipinski definition) is 6. The number of alkyl halides is 1. The van der Waals surface area contributed by atoms with Crippen LogP contribution in [0.1, 0.15) is 24.3 Å². The summed E-state index contributed by atoms with van der Waals surface area (Å²) in [5, 5.41) is 9.74. The van der Waals surface area contributed by atoms with Crippen molar-refractivity contribution in [3.05, 3.63) is 45.7 Å². The highest BCUT2D eigenvalue weighted by Crippen LogP contribution is 2.27. The fraction of sp³-hybridized carbons (Fsp3) is 0.278. The van der Waals surface area contributed by atoms with Gasteiger partial charge in [-0.1, -0.05) is 0 Å². The molecule has 3 aromatic rings. The summed E-state index contributed by atoms with van der Waals surface area (Å²) < 4.78 is 18.5. The van der Waals surface area contributed by atoms with Gasteiger partial charge in [-0.15, -0.1) is 11.3 Å². The molecule has 0 radical (unpaired) electrons. The van der Waals surface area contributed by atoms with Crippen molar-refractivity contribution in [1.29, 1.82) is 0 Å². The summed E-state index contributed by atoms with van der Waals surface area (Å²) in [6, 6.07) is 6.35. The van der Waals surface area contributed by atoms with Crippen LogP contribution in [0.2, 0.25) is 0 Å². The van der Waals surface area contributed by atoms with Gasteiger partial charge in [0.15, 0.2) is 5.69 Å². The molecule has 0 unspecified atom stereocenters. The molecule has 0 saturated carbocycles. The highest BCUT2D eigenvalue weighted by Gasteiger charge is 2.21. The molecule has 2 heterocycles. The SMILES string of the molecule is CC(C)NC(=O)c1nn(-c2ccc(OCC[18F])cc2)c(=O)c2c(N)scc12. The minimum atomic E-state index is -0.592. The monoisotopic (exact) mass is 389 g/mol. The molecule has 0 aliphatic carbocycles. The highest BCUT2D eigenvalue weighted by molar-refractivity contribution is 7.15. The zero-order valence-corrected chi connectivity index (χ0v) is 15.7. The van der Waals surface area contributed by atoms with Crippen LogP contribution in [-0.4, -0.2) is 35.0 Å². The molecular weight excluding hydrogens is 370 g/mol. The van der Waals surface area contributed by atoms with E-state index in [0.717, 1.165) is 4.68 Å². The van der Waals surface area contributed by atoms with Crippen LogP contribution >= 0.6 is 11.3 Å². The fourth-order valence-corrected chi connectivity index (χ4v) is 3.38. The van der Waals surface area contributed by atoms with E-state index in [1.54, 1.807) is 29.6 Å². The summed E-state index contributed by atoms with van der Waals surface area (Å²) >= 11 is 1.19. The second-order valence-electron chi connectivity index (χ2n) is 6.11. The summed E-state index contributed by atoms with van der Waals surface area (Å²) in [6.45, 7) is 3.03. The van der Waals surface area contributed by atoms with Crippen molar-refractivity contribution in [3.8, 4) is 11.4 Å². The van der Waals surface area contributed by atoms with E-state index in [-0.39, 0.29) is 29.6 Å². The first kappa shape index (κ1) is 18.8. The predicted molar refractivity (Wildman–Crippen MR) is 104 cm³/mol. The number of nitrogens with one attached hydrogen (secondary N) is 1. The van der Waals surface area contributed by atoms with Gasteiger partial charge in [0.25, 0.3) is 11.5 Å². The molecule has 1 aromatic carbocycles. The number of amides is 1. The number of halogens is 1. The Morgan fingerprint density at radius 3 is 2.70 bits per heavy atom. The maximum Gasteiger partial charge on any atom is 0.282 e. The van der Waals surface area contributed by atoms with E-state index < -0.39 is 12.2 Å². The van der Waals surface area contributed by atoms with E-state index in [1.165, 1.54) is 11.3 Å². The van der Waals surface area contributed by atoms with Gasteiger partial charge in [0.05, 0.1) is 16.1 Å². The third-order valence-electron chi connectivity index (χ3n) is 3.74. The number of benzene rings is 1. The zero-order chi connectivity index (χ0) is 19.6. The molecule has 0 aliphatic rings. The van der Waals surface area contributed by atoms with Crippen molar-refractivity contribution >= 4 is 33.0 Å². The van der Waals surface area contributed by atoms with Crippen LogP contribution in [-0.2, 0) is 0 Å². The molecule has 1 amide bonds. The third kappa shape index (κ3) is 3.77. The van der Waals surface area contributed by atoms with Gasteiger partial charge in [-0.25, -0.2) is 4.39 Å². The van der Waals surface area contributed by atoms with Gasteiger partial charge >= 0.3 is 0 Å². The van der Waals surface area contributed by atoms with Gasteiger partial charge in [0, 0.05) is 16.8 Å². The number of carbonyl (C=O) groups is 1. The topological polar surface area (TPSA) is 99.2 Å². The number of fused-ring (bicyclic) bond motifs is 1. The number of carbonyl (C=O) groups excluding carboxylic acids is 1. The maximum atomic E-state index is 12.9. The number of aromatic nitrogens is 2. The van der Waals surface area contributed by atoms with E-state index in [1.807, 2.05) is 13.8 Å².